The topological polar surface area (TPSA) is 74.8 Å². The highest BCUT2D eigenvalue weighted by molar-refractivity contribution is 14.0. The first-order valence-corrected chi connectivity index (χ1v) is 8.56. The van der Waals surface area contributed by atoms with Crippen LogP contribution in [0.15, 0.2) is 29.3 Å². The summed E-state index contributed by atoms with van der Waals surface area (Å²) >= 11 is 0. The lowest BCUT2D eigenvalue weighted by Gasteiger charge is -2.42. The minimum atomic E-state index is -0.334. The lowest BCUT2D eigenvalue weighted by atomic mass is 9.67. The number of hydrogen-bond donors (Lipinski definition) is 3. The van der Waals surface area contributed by atoms with E-state index in [1.54, 1.807) is 14.2 Å². The van der Waals surface area contributed by atoms with Gasteiger partial charge in [0.1, 0.15) is 5.82 Å². The highest BCUT2D eigenvalue weighted by Crippen LogP contribution is 2.43. The predicted octanol–water partition coefficient (Wildman–Crippen LogP) is 2.75. The Kier molecular flexibility index (Phi) is 9.85. The molecule has 0 spiro atoms. The number of amides is 1. The first-order valence-electron chi connectivity index (χ1n) is 8.56. The maximum Gasteiger partial charge on any atom is 0.243 e. The Hall–Kier alpha value is -1.42. The van der Waals surface area contributed by atoms with E-state index in [2.05, 4.69) is 20.9 Å². The van der Waals surface area contributed by atoms with Crippen molar-refractivity contribution in [1.29, 1.82) is 0 Å². The van der Waals surface area contributed by atoms with Crippen LogP contribution in [0.5, 0.6) is 0 Å². The number of rotatable bonds is 8. The summed E-state index contributed by atoms with van der Waals surface area (Å²) in [5, 5.41) is 9.00. The predicted molar refractivity (Wildman–Crippen MR) is 113 cm³/mol. The molecule has 1 amide bonds. The van der Waals surface area contributed by atoms with Gasteiger partial charge in [0.25, 0.3) is 0 Å². The molecule has 0 bridgehead atoms. The van der Waals surface area contributed by atoms with E-state index in [0.29, 0.717) is 11.6 Å². The second-order valence-electron chi connectivity index (χ2n) is 6.43. The van der Waals surface area contributed by atoms with E-state index >= 15 is 0 Å². The van der Waals surface area contributed by atoms with Crippen molar-refractivity contribution in [2.24, 2.45) is 10.4 Å². The van der Waals surface area contributed by atoms with Crippen LogP contribution in [-0.2, 0) is 9.53 Å². The van der Waals surface area contributed by atoms with Crippen molar-refractivity contribution in [2.75, 3.05) is 39.2 Å². The molecule has 146 valence electrons. The van der Waals surface area contributed by atoms with E-state index in [4.69, 9.17) is 4.74 Å². The van der Waals surface area contributed by atoms with Gasteiger partial charge < -0.3 is 20.7 Å². The quantitative estimate of drug-likeness (QED) is 0.305. The number of benzene rings is 1. The molecule has 1 aromatic rings. The van der Waals surface area contributed by atoms with Gasteiger partial charge in [-0.05, 0) is 48.9 Å². The normalized spacial score (nSPS) is 15.4. The van der Waals surface area contributed by atoms with E-state index in [1.807, 2.05) is 0 Å². The zero-order valence-corrected chi connectivity index (χ0v) is 17.6. The Morgan fingerprint density at radius 2 is 1.96 bits per heavy atom. The fourth-order valence-electron chi connectivity index (χ4n) is 2.90. The molecule has 6 nitrogen and oxygen atoms in total. The molecule has 1 aliphatic rings. The first-order chi connectivity index (χ1) is 12.1. The van der Waals surface area contributed by atoms with Gasteiger partial charge in [0.05, 0.1) is 6.54 Å². The number of aliphatic imine (C=N–C) groups is 1. The molecule has 0 radical (unpaired) electrons. The second kappa shape index (κ2) is 11.3. The van der Waals surface area contributed by atoms with Gasteiger partial charge in [0, 0.05) is 33.0 Å². The monoisotopic (exact) mass is 478 g/mol. The molecule has 0 heterocycles. The fraction of sp³-hybridized carbons (Fsp3) is 0.556. The Labute approximate surface area is 171 Å². The van der Waals surface area contributed by atoms with Gasteiger partial charge in [-0.25, -0.2) is 4.39 Å². The van der Waals surface area contributed by atoms with Crippen molar-refractivity contribution >= 4 is 41.5 Å². The zero-order valence-electron chi connectivity index (χ0n) is 15.3. The molecule has 3 N–H and O–H groups in total. The molecule has 1 aliphatic carbocycles. The number of anilines is 1. The average molecular weight is 478 g/mol. The van der Waals surface area contributed by atoms with Gasteiger partial charge in [-0.3, -0.25) is 9.79 Å². The largest absolute Gasteiger partial charge is 0.385 e. The van der Waals surface area contributed by atoms with Gasteiger partial charge in [-0.2, -0.15) is 0 Å². The SMILES string of the molecule is CN=C(NCC(=O)Nc1ccc(F)cc1)NCC1(CCOC)CCC1.I. The maximum absolute atomic E-state index is 12.9. The Morgan fingerprint density at radius 1 is 1.27 bits per heavy atom. The number of hydrogen-bond acceptors (Lipinski definition) is 3. The number of carbonyl (C=O) groups is 1. The third kappa shape index (κ3) is 7.06. The van der Waals surface area contributed by atoms with Crippen LogP contribution in [0.1, 0.15) is 25.7 Å². The van der Waals surface area contributed by atoms with Gasteiger partial charge >= 0.3 is 0 Å². The highest BCUT2D eigenvalue weighted by atomic mass is 127. The van der Waals surface area contributed by atoms with Crippen LogP contribution in [0, 0.1) is 11.2 Å². The van der Waals surface area contributed by atoms with Crippen LogP contribution in [0.3, 0.4) is 0 Å². The van der Waals surface area contributed by atoms with E-state index in [-0.39, 0.29) is 47.7 Å². The summed E-state index contributed by atoms with van der Waals surface area (Å²) in [6, 6.07) is 5.66. The third-order valence-corrected chi connectivity index (χ3v) is 4.65. The van der Waals surface area contributed by atoms with Gasteiger partial charge in [-0.15, -0.1) is 24.0 Å². The van der Waals surface area contributed by atoms with Crippen LogP contribution in [0.25, 0.3) is 0 Å². The van der Waals surface area contributed by atoms with Crippen LogP contribution < -0.4 is 16.0 Å². The van der Waals surface area contributed by atoms with Crippen molar-refractivity contribution in [1.82, 2.24) is 10.6 Å². The van der Waals surface area contributed by atoms with Crippen molar-refractivity contribution in [3.63, 3.8) is 0 Å². The summed E-state index contributed by atoms with van der Waals surface area (Å²) in [7, 11) is 3.40. The molecule has 1 aromatic carbocycles. The average Bonchev–Trinajstić information content (AvgIpc) is 2.58. The summed E-state index contributed by atoms with van der Waals surface area (Å²) in [4.78, 5) is 16.1. The molecule has 26 heavy (non-hydrogen) atoms. The Bertz CT molecular complexity index is 591. The summed E-state index contributed by atoms with van der Waals surface area (Å²) in [6.45, 7) is 1.66. The molecule has 2 rings (SSSR count). The van der Waals surface area contributed by atoms with Crippen molar-refractivity contribution in [3.05, 3.63) is 30.1 Å². The summed E-state index contributed by atoms with van der Waals surface area (Å²) in [5.74, 6) is 0.0457. The maximum atomic E-state index is 12.9. The fourth-order valence-corrected chi connectivity index (χ4v) is 2.90. The van der Waals surface area contributed by atoms with Crippen LogP contribution in [-0.4, -0.2) is 45.7 Å². The molecular formula is C18H28FIN4O2. The molecule has 8 heteroatoms. The van der Waals surface area contributed by atoms with Crippen LogP contribution in [0.4, 0.5) is 10.1 Å². The number of halogens is 2. The summed E-state index contributed by atoms with van der Waals surface area (Å²) in [6.07, 6.45) is 4.65. The zero-order chi connectivity index (χ0) is 18.1. The van der Waals surface area contributed by atoms with Crippen LogP contribution >= 0.6 is 24.0 Å². The second-order valence-corrected chi connectivity index (χ2v) is 6.43. The first kappa shape index (κ1) is 22.6. The summed E-state index contributed by atoms with van der Waals surface area (Å²) in [5.41, 5.74) is 0.827. The lowest BCUT2D eigenvalue weighted by Crippen LogP contribution is -2.48. The lowest BCUT2D eigenvalue weighted by molar-refractivity contribution is -0.115. The molecule has 0 atom stereocenters. The minimum Gasteiger partial charge on any atom is -0.385 e. The Morgan fingerprint density at radius 3 is 2.50 bits per heavy atom. The standard InChI is InChI=1S/C18H27FN4O2.HI/c1-20-17(22-13-18(8-3-9-18)10-11-25-2)21-12-16(24)23-15-6-4-14(19)5-7-15;/h4-7H,3,8-13H2,1-2H3,(H,23,24)(H2,20,21,22);1H. The molecule has 0 aliphatic heterocycles. The molecule has 0 aromatic heterocycles. The molecule has 1 fully saturated rings. The van der Waals surface area contributed by atoms with Crippen molar-refractivity contribution in [2.45, 2.75) is 25.7 Å². The van der Waals surface area contributed by atoms with Crippen molar-refractivity contribution in [3.8, 4) is 0 Å². The number of guanidine groups is 1. The van der Waals surface area contributed by atoms with E-state index in [0.717, 1.165) is 19.6 Å². The number of nitrogens with one attached hydrogen (secondary N) is 3. The number of nitrogens with zero attached hydrogens (tertiary/aromatic N) is 1. The van der Waals surface area contributed by atoms with Crippen molar-refractivity contribution < 1.29 is 13.9 Å². The number of carbonyl (C=O) groups excluding carboxylic acids is 1. The minimum absolute atomic E-state index is 0. The number of ether oxygens (including phenoxy) is 1. The van der Waals surface area contributed by atoms with E-state index < -0.39 is 0 Å². The van der Waals surface area contributed by atoms with E-state index in [1.165, 1.54) is 43.5 Å². The molecular weight excluding hydrogens is 450 g/mol. The Balaban J connectivity index is 0.00000338. The molecule has 0 saturated heterocycles. The van der Waals surface area contributed by atoms with E-state index in [9.17, 15) is 9.18 Å². The smallest absolute Gasteiger partial charge is 0.243 e. The molecule has 0 unspecified atom stereocenters. The van der Waals surface area contributed by atoms with Gasteiger partial charge in [0.2, 0.25) is 5.91 Å². The number of methoxy groups -OCH3 is 1. The van der Waals surface area contributed by atoms with Gasteiger partial charge in [-0.1, -0.05) is 6.42 Å². The molecule has 1 saturated carbocycles. The summed E-state index contributed by atoms with van der Waals surface area (Å²) < 4.78 is 18.1. The van der Waals surface area contributed by atoms with Gasteiger partial charge in [0.15, 0.2) is 5.96 Å². The van der Waals surface area contributed by atoms with Crippen LogP contribution in [0.2, 0.25) is 0 Å². The highest BCUT2D eigenvalue weighted by Gasteiger charge is 2.36. The third-order valence-electron chi connectivity index (χ3n) is 4.65.